The Morgan fingerprint density at radius 1 is 0.875 bits per heavy atom. The third-order valence-corrected chi connectivity index (χ3v) is 5.07. The fourth-order valence-corrected chi connectivity index (χ4v) is 3.35. The molecule has 160 valence electrons. The van der Waals surface area contributed by atoms with Crippen molar-refractivity contribution in [3.05, 3.63) is 95.3 Å². The topological polar surface area (TPSA) is 108 Å². The number of aromatic nitrogens is 1. The summed E-state index contributed by atoms with van der Waals surface area (Å²) in [6, 6.07) is 17.1. The van der Waals surface area contributed by atoms with Gasteiger partial charge in [0.25, 0.3) is 17.7 Å². The zero-order valence-electron chi connectivity index (χ0n) is 17.1. The number of imide groups is 1. The van der Waals surface area contributed by atoms with Crippen LogP contribution in [0.15, 0.2) is 73.1 Å². The van der Waals surface area contributed by atoms with E-state index in [9.17, 15) is 19.2 Å². The molecule has 4 rings (SSSR count). The lowest BCUT2D eigenvalue weighted by Gasteiger charge is -2.13. The number of nitrogens with zero attached hydrogens (tertiary/aromatic N) is 2. The molecule has 3 aromatic rings. The molecule has 4 amide bonds. The quantitative estimate of drug-likeness (QED) is 0.563. The van der Waals surface area contributed by atoms with Gasteiger partial charge in [-0.3, -0.25) is 29.1 Å². The molecule has 0 atom stereocenters. The molecule has 0 bridgehead atoms. The summed E-state index contributed by atoms with van der Waals surface area (Å²) >= 11 is 0. The average molecular weight is 428 g/mol. The van der Waals surface area contributed by atoms with Crippen molar-refractivity contribution in [2.24, 2.45) is 0 Å². The van der Waals surface area contributed by atoms with Crippen LogP contribution in [0.1, 0.15) is 43.1 Å². The molecule has 0 radical (unpaired) electrons. The number of fused-ring (bicyclic) bond motifs is 1. The van der Waals surface area contributed by atoms with E-state index in [0.29, 0.717) is 22.4 Å². The molecule has 2 aromatic carbocycles. The van der Waals surface area contributed by atoms with Gasteiger partial charge in [-0.25, -0.2) is 0 Å². The molecule has 2 N–H and O–H groups in total. The highest BCUT2D eigenvalue weighted by Crippen LogP contribution is 2.22. The smallest absolute Gasteiger partial charge is 0.261 e. The third-order valence-electron chi connectivity index (χ3n) is 5.07. The summed E-state index contributed by atoms with van der Waals surface area (Å²) in [6.45, 7) is 0.315. The normalized spacial score (nSPS) is 12.4. The molecule has 0 saturated heterocycles. The molecule has 1 aliphatic heterocycles. The van der Waals surface area contributed by atoms with E-state index < -0.39 is 0 Å². The Morgan fingerprint density at radius 2 is 1.56 bits per heavy atom. The Morgan fingerprint density at radius 3 is 2.19 bits per heavy atom. The van der Waals surface area contributed by atoms with Gasteiger partial charge in [0, 0.05) is 37.6 Å². The molecule has 0 fully saturated rings. The highest BCUT2D eigenvalue weighted by molar-refractivity contribution is 6.21. The lowest BCUT2D eigenvalue weighted by Crippen LogP contribution is -2.34. The zero-order valence-corrected chi connectivity index (χ0v) is 17.1. The standard InChI is InChI=1S/C24H20N4O4/c29-21(11-13-28-23(31)19-5-1-2-6-20(19)24(28)32)26-14-16-7-9-18(10-8-16)27-22(30)17-4-3-12-25-15-17/h1-10,12,15H,11,13-14H2,(H,26,29)(H,27,30). The molecular formula is C24H20N4O4. The van der Waals surface area contributed by atoms with E-state index in [1.54, 1.807) is 66.9 Å². The highest BCUT2D eigenvalue weighted by atomic mass is 16.2. The van der Waals surface area contributed by atoms with Crippen molar-refractivity contribution in [2.45, 2.75) is 13.0 Å². The van der Waals surface area contributed by atoms with Gasteiger partial charge in [-0.05, 0) is 42.0 Å². The second-order valence-electron chi connectivity index (χ2n) is 7.23. The maximum absolute atomic E-state index is 12.3. The van der Waals surface area contributed by atoms with E-state index in [1.165, 1.54) is 6.20 Å². The molecule has 8 nitrogen and oxygen atoms in total. The molecule has 0 unspecified atom stereocenters. The van der Waals surface area contributed by atoms with Crippen molar-refractivity contribution in [1.29, 1.82) is 0 Å². The summed E-state index contributed by atoms with van der Waals surface area (Å²) in [5.41, 5.74) is 2.67. The lowest BCUT2D eigenvalue weighted by atomic mass is 10.1. The van der Waals surface area contributed by atoms with E-state index in [1.807, 2.05) is 0 Å². The van der Waals surface area contributed by atoms with E-state index >= 15 is 0 Å². The number of nitrogens with one attached hydrogen (secondary N) is 2. The van der Waals surface area contributed by atoms with Gasteiger partial charge in [0.15, 0.2) is 0 Å². The number of amides is 4. The van der Waals surface area contributed by atoms with Gasteiger partial charge in [0.2, 0.25) is 5.91 Å². The number of rotatable bonds is 7. The first-order chi connectivity index (χ1) is 15.5. The third kappa shape index (κ3) is 4.54. The zero-order chi connectivity index (χ0) is 22.5. The average Bonchev–Trinajstić information content (AvgIpc) is 3.07. The van der Waals surface area contributed by atoms with Gasteiger partial charge in [0.05, 0.1) is 16.7 Å². The van der Waals surface area contributed by atoms with Crippen molar-refractivity contribution in [2.75, 3.05) is 11.9 Å². The SMILES string of the molecule is O=C(CCN1C(=O)c2ccccc2C1=O)NCc1ccc(NC(=O)c2cccnc2)cc1. The fraction of sp³-hybridized carbons (Fsp3) is 0.125. The fourth-order valence-electron chi connectivity index (χ4n) is 3.35. The highest BCUT2D eigenvalue weighted by Gasteiger charge is 2.34. The van der Waals surface area contributed by atoms with Crippen LogP contribution >= 0.6 is 0 Å². The van der Waals surface area contributed by atoms with Gasteiger partial charge >= 0.3 is 0 Å². The van der Waals surface area contributed by atoms with Crippen LogP contribution in [-0.4, -0.2) is 40.1 Å². The van der Waals surface area contributed by atoms with Crippen LogP contribution in [-0.2, 0) is 11.3 Å². The van der Waals surface area contributed by atoms with Gasteiger partial charge in [-0.1, -0.05) is 24.3 Å². The summed E-state index contributed by atoms with van der Waals surface area (Å²) in [4.78, 5) is 54.1. The van der Waals surface area contributed by atoms with E-state index in [2.05, 4.69) is 15.6 Å². The molecule has 0 aliphatic carbocycles. The van der Waals surface area contributed by atoms with Crippen LogP contribution in [0.4, 0.5) is 5.69 Å². The number of benzene rings is 2. The van der Waals surface area contributed by atoms with Crippen LogP contribution in [0.5, 0.6) is 0 Å². The molecular weight excluding hydrogens is 408 g/mol. The Labute approximate surface area is 184 Å². The Balaban J connectivity index is 1.24. The molecule has 1 aliphatic rings. The minimum absolute atomic E-state index is 0.0186. The van der Waals surface area contributed by atoms with Crippen molar-refractivity contribution in [1.82, 2.24) is 15.2 Å². The van der Waals surface area contributed by atoms with E-state index in [0.717, 1.165) is 10.5 Å². The predicted molar refractivity (Wildman–Crippen MR) is 117 cm³/mol. The number of carbonyl (C=O) groups excluding carboxylic acids is 4. The minimum atomic E-state index is -0.373. The summed E-state index contributed by atoms with van der Waals surface area (Å²) in [7, 11) is 0. The summed E-state index contributed by atoms with van der Waals surface area (Å²) < 4.78 is 0. The van der Waals surface area contributed by atoms with Gasteiger partial charge in [-0.2, -0.15) is 0 Å². The molecule has 0 saturated carbocycles. The number of anilines is 1. The Hall–Kier alpha value is -4.33. The molecule has 8 heteroatoms. The van der Waals surface area contributed by atoms with Gasteiger partial charge < -0.3 is 10.6 Å². The molecule has 32 heavy (non-hydrogen) atoms. The first-order valence-corrected chi connectivity index (χ1v) is 10.0. The van der Waals surface area contributed by atoms with Crippen LogP contribution < -0.4 is 10.6 Å². The Bertz CT molecular complexity index is 1140. The first kappa shape index (κ1) is 20.9. The van der Waals surface area contributed by atoms with Crippen molar-refractivity contribution >= 4 is 29.3 Å². The van der Waals surface area contributed by atoms with Crippen molar-refractivity contribution in [3.63, 3.8) is 0 Å². The largest absolute Gasteiger partial charge is 0.352 e. The van der Waals surface area contributed by atoms with Crippen molar-refractivity contribution in [3.8, 4) is 0 Å². The predicted octanol–water partition coefficient (Wildman–Crippen LogP) is 2.64. The lowest BCUT2D eigenvalue weighted by molar-refractivity contribution is -0.121. The summed E-state index contributed by atoms with van der Waals surface area (Å²) in [6.07, 6.45) is 3.10. The van der Waals surface area contributed by atoms with Crippen LogP contribution in [0.25, 0.3) is 0 Å². The second-order valence-corrected chi connectivity index (χ2v) is 7.23. The molecule has 2 heterocycles. The van der Waals surface area contributed by atoms with Crippen LogP contribution in [0.2, 0.25) is 0 Å². The van der Waals surface area contributed by atoms with Crippen LogP contribution in [0.3, 0.4) is 0 Å². The molecule has 1 aromatic heterocycles. The number of pyridine rings is 1. The number of carbonyl (C=O) groups is 4. The summed E-state index contributed by atoms with van der Waals surface area (Å²) in [5.74, 6) is -1.27. The molecule has 0 spiro atoms. The number of hydrogen-bond donors (Lipinski definition) is 2. The first-order valence-electron chi connectivity index (χ1n) is 10.0. The van der Waals surface area contributed by atoms with Gasteiger partial charge in [-0.15, -0.1) is 0 Å². The minimum Gasteiger partial charge on any atom is -0.352 e. The van der Waals surface area contributed by atoms with Crippen molar-refractivity contribution < 1.29 is 19.2 Å². The maximum atomic E-state index is 12.3. The second kappa shape index (κ2) is 9.22. The number of hydrogen-bond acceptors (Lipinski definition) is 5. The summed E-state index contributed by atoms with van der Waals surface area (Å²) in [5, 5.41) is 5.56. The maximum Gasteiger partial charge on any atom is 0.261 e. The Kier molecular flexibility index (Phi) is 6.03. The van der Waals surface area contributed by atoms with Crippen LogP contribution in [0, 0.1) is 0 Å². The van der Waals surface area contributed by atoms with E-state index in [-0.39, 0.29) is 43.1 Å². The van der Waals surface area contributed by atoms with Gasteiger partial charge in [0.1, 0.15) is 0 Å². The van der Waals surface area contributed by atoms with E-state index in [4.69, 9.17) is 0 Å². The monoisotopic (exact) mass is 428 g/mol.